The molecule has 2 unspecified atom stereocenters. The van der Waals surface area contributed by atoms with E-state index < -0.39 is 44.8 Å². The number of carbonyl (C=O) groups is 2. The number of nitrogens with one attached hydrogen (secondary N) is 1. The Morgan fingerprint density at radius 1 is 1.24 bits per heavy atom. The number of amides is 2. The number of urea groups is 1. The Balaban J connectivity index is 1.78. The van der Waals surface area contributed by atoms with Gasteiger partial charge in [0.2, 0.25) is 0 Å². The maximum absolute atomic E-state index is 13.1. The topological polar surface area (TPSA) is 148 Å². The number of aliphatic imine (C=N–C) groups is 1. The van der Waals surface area contributed by atoms with Crippen LogP contribution in [-0.4, -0.2) is 61.0 Å². The number of carbonyl (C=O) groups excluding carboxylic acids is 2. The van der Waals surface area contributed by atoms with Crippen LogP contribution >= 0.6 is 11.6 Å². The molecule has 1 aliphatic heterocycles. The van der Waals surface area contributed by atoms with Gasteiger partial charge in [-0.25, -0.2) is 18.2 Å². The number of nitrogens with zero attached hydrogens (tertiary/aromatic N) is 3. The van der Waals surface area contributed by atoms with E-state index in [1.165, 1.54) is 47.4 Å². The summed E-state index contributed by atoms with van der Waals surface area (Å²) in [6.07, 6.45) is -0.0905. The standard InChI is InChI=1S/C25H29ClN4O7S/c1-16(2)37-24(31)22-17(3)28-25(32)29(23(22)18-6-4-7-20(14-18)30(33)34)13-5-12-27-15-38(35,36)21-10-8-19(26)9-11-21/h4,6-11,14,16,22-23,27H,5,12-13,15H2,1-3H3. The maximum atomic E-state index is 13.1. The summed E-state index contributed by atoms with van der Waals surface area (Å²) in [5.74, 6) is -1.88. The summed E-state index contributed by atoms with van der Waals surface area (Å²) in [5.41, 5.74) is 0.464. The van der Waals surface area contributed by atoms with Crippen molar-refractivity contribution in [1.82, 2.24) is 10.2 Å². The van der Waals surface area contributed by atoms with Gasteiger partial charge in [-0.1, -0.05) is 23.7 Å². The third-order valence-electron chi connectivity index (χ3n) is 5.87. The average molecular weight is 565 g/mol. The number of non-ortho nitro benzene ring substituents is 1. The Bertz CT molecular complexity index is 1330. The molecular weight excluding hydrogens is 536 g/mol. The fraction of sp³-hybridized carbons (Fsp3) is 0.400. The van der Waals surface area contributed by atoms with Crippen molar-refractivity contribution in [3.05, 3.63) is 69.2 Å². The Morgan fingerprint density at radius 3 is 2.55 bits per heavy atom. The number of hydrogen-bond donors (Lipinski definition) is 1. The molecule has 1 aliphatic rings. The van der Waals surface area contributed by atoms with Crippen molar-refractivity contribution >= 4 is 44.8 Å². The predicted octanol–water partition coefficient (Wildman–Crippen LogP) is 4.16. The Kier molecular flexibility index (Phi) is 9.58. The second kappa shape index (κ2) is 12.5. The monoisotopic (exact) mass is 564 g/mol. The largest absolute Gasteiger partial charge is 0.462 e. The van der Waals surface area contributed by atoms with Crippen LogP contribution in [0.2, 0.25) is 5.02 Å². The number of rotatable bonds is 11. The van der Waals surface area contributed by atoms with Gasteiger partial charge >= 0.3 is 12.0 Å². The molecule has 0 aliphatic carbocycles. The SMILES string of the molecule is CC1=NC(=O)N(CCCNCS(=O)(=O)c2ccc(Cl)cc2)C(c2cccc([N+](=O)[O-])c2)C1C(=O)OC(C)C. The van der Waals surface area contributed by atoms with Crippen LogP contribution in [0.3, 0.4) is 0 Å². The minimum Gasteiger partial charge on any atom is -0.462 e. The zero-order valence-electron chi connectivity index (χ0n) is 21.2. The first-order valence-electron chi connectivity index (χ1n) is 11.9. The van der Waals surface area contributed by atoms with Gasteiger partial charge in [0.15, 0.2) is 9.84 Å². The molecule has 13 heteroatoms. The van der Waals surface area contributed by atoms with Gasteiger partial charge in [-0.2, -0.15) is 0 Å². The molecule has 0 saturated carbocycles. The van der Waals surface area contributed by atoms with Crippen LogP contribution in [-0.2, 0) is 19.4 Å². The van der Waals surface area contributed by atoms with E-state index in [9.17, 15) is 28.1 Å². The van der Waals surface area contributed by atoms with Crippen LogP contribution in [0.25, 0.3) is 0 Å². The summed E-state index contributed by atoms with van der Waals surface area (Å²) in [6, 6.07) is 10.1. The van der Waals surface area contributed by atoms with Gasteiger partial charge in [0.1, 0.15) is 11.8 Å². The highest BCUT2D eigenvalue weighted by Crippen LogP contribution is 2.36. The van der Waals surface area contributed by atoms with Crippen molar-refractivity contribution in [3.63, 3.8) is 0 Å². The van der Waals surface area contributed by atoms with Crippen LogP contribution in [0.5, 0.6) is 0 Å². The molecule has 1 N–H and O–H groups in total. The predicted molar refractivity (Wildman–Crippen MR) is 142 cm³/mol. The highest BCUT2D eigenvalue weighted by Gasteiger charge is 2.43. The van der Waals surface area contributed by atoms with E-state index in [2.05, 4.69) is 10.3 Å². The third kappa shape index (κ3) is 7.15. The number of nitro benzene ring substituents is 1. The molecule has 0 bridgehead atoms. The van der Waals surface area contributed by atoms with Crippen LogP contribution < -0.4 is 5.32 Å². The molecule has 0 radical (unpaired) electrons. The molecular formula is C25H29ClN4O7S. The number of hydrogen-bond acceptors (Lipinski definition) is 8. The number of ether oxygens (including phenoxy) is 1. The summed E-state index contributed by atoms with van der Waals surface area (Å²) in [6.45, 7) is 5.30. The number of halogens is 1. The van der Waals surface area contributed by atoms with Crippen molar-refractivity contribution in [1.29, 1.82) is 0 Å². The molecule has 0 aromatic heterocycles. The van der Waals surface area contributed by atoms with E-state index in [1.54, 1.807) is 26.8 Å². The number of sulfone groups is 1. The van der Waals surface area contributed by atoms with E-state index in [0.717, 1.165) is 0 Å². The molecule has 3 rings (SSSR count). The number of benzene rings is 2. The second-order valence-corrected chi connectivity index (χ2v) is 11.5. The van der Waals surface area contributed by atoms with Gasteiger partial charge in [-0.05, 0) is 63.6 Å². The molecule has 2 aromatic rings. The van der Waals surface area contributed by atoms with Crippen molar-refractivity contribution in [3.8, 4) is 0 Å². The normalized spacial score (nSPS) is 17.9. The number of nitro groups is 1. The molecule has 2 amide bonds. The van der Waals surface area contributed by atoms with E-state index in [-0.39, 0.29) is 35.3 Å². The summed E-state index contributed by atoms with van der Waals surface area (Å²) < 4.78 is 30.5. The minimum absolute atomic E-state index is 0.114. The van der Waals surface area contributed by atoms with Crippen molar-refractivity contribution in [2.75, 3.05) is 19.0 Å². The van der Waals surface area contributed by atoms with Gasteiger partial charge in [0.25, 0.3) is 5.69 Å². The summed E-state index contributed by atoms with van der Waals surface area (Å²) >= 11 is 5.82. The van der Waals surface area contributed by atoms with Crippen molar-refractivity contribution < 1.29 is 27.7 Å². The lowest BCUT2D eigenvalue weighted by Crippen LogP contribution is -2.48. The summed E-state index contributed by atoms with van der Waals surface area (Å²) in [5, 5.41) is 14.7. The van der Waals surface area contributed by atoms with Crippen LogP contribution in [0.15, 0.2) is 58.4 Å². The fourth-order valence-electron chi connectivity index (χ4n) is 4.15. The van der Waals surface area contributed by atoms with E-state index in [1.807, 2.05) is 0 Å². The molecule has 0 saturated heterocycles. The highest BCUT2D eigenvalue weighted by molar-refractivity contribution is 7.91. The molecule has 11 nitrogen and oxygen atoms in total. The molecule has 2 aromatic carbocycles. The van der Waals surface area contributed by atoms with Gasteiger partial charge < -0.3 is 15.0 Å². The highest BCUT2D eigenvalue weighted by atomic mass is 35.5. The van der Waals surface area contributed by atoms with Gasteiger partial charge in [-0.15, -0.1) is 0 Å². The first-order valence-corrected chi connectivity index (χ1v) is 13.9. The Labute approximate surface area is 225 Å². The number of esters is 1. The fourth-order valence-corrected chi connectivity index (χ4v) is 5.41. The van der Waals surface area contributed by atoms with Gasteiger partial charge in [0.05, 0.1) is 22.0 Å². The quantitative estimate of drug-likeness (QED) is 0.185. The molecule has 0 fully saturated rings. The van der Waals surface area contributed by atoms with Gasteiger partial charge in [-0.3, -0.25) is 14.9 Å². The smallest absolute Gasteiger partial charge is 0.344 e. The third-order valence-corrected chi connectivity index (χ3v) is 7.69. The first kappa shape index (κ1) is 29.2. The van der Waals surface area contributed by atoms with E-state index in [4.69, 9.17) is 16.3 Å². The second-order valence-electron chi connectivity index (χ2n) is 9.06. The van der Waals surface area contributed by atoms with Crippen LogP contribution in [0, 0.1) is 16.0 Å². The Hall–Kier alpha value is -3.35. The molecule has 38 heavy (non-hydrogen) atoms. The van der Waals surface area contributed by atoms with Crippen molar-refractivity contribution in [2.24, 2.45) is 10.9 Å². The lowest BCUT2D eigenvalue weighted by Gasteiger charge is -2.38. The lowest BCUT2D eigenvalue weighted by atomic mass is 9.86. The Morgan fingerprint density at radius 2 is 1.92 bits per heavy atom. The van der Waals surface area contributed by atoms with Crippen LogP contribution in [0.4, 0.5) is 10.5 Å². The first-order chi connectivity index (χ1) is 17.9. The molecule has 1 heterocycles. The zero-order chi connectivity index (χ0) is 28.0. The summed E-state index contributed by atoms with van der Waals surface area (Å²) in [4.78, 5) is 42.4. The average Bonchev–Trinajstić information content (AvgIpc) is 2.84. The molecule has 204 valence electrons. The lowest BCUT2D eigenvalue weighted by molar-refractivity contribution is -0.385. The maximum Gasteiger partial charge on any atom is 0.344 e. The molecule has 2 atom stereocenters. The van der Waals surface area contributed by atoms with E-state index in [0.29, 0.717) is 17.0 Å². The van der Waals surface area contributed by atoms with E-state index >= 15 is 0 Å². The minimum atomic E-state index is -3.60. The van der Waals surface area contributed by atoms with Crippen LogP contribution in [0.1, 0.15) is 38.8 Å². The summed E-state index contributed by atoms with van der Waals surface area (Å²) in [7, 11) is -3.60. The van der Waals surface area contributed by atoms with Crippen molar-refractivity contribution in [2.45, 2.75) is 44.2 Å². The van der Waals surface area contributed by atoms with Gasteiger partial charge in [0, 0.05) is 29.4 Å². The molecule has 0 spiro atoms. The zero-order valence-corrected chi connectivity index (χ0v) is 22.7.